The summed E-state index contributed by atoms with van der Waals surface area (Å²) in [5, 5.41) is 22.1. The Morgan fingerprint density at radius 1 is 1.13 bits per heavy atom. The smallest absolute Gasteiger partial charge is 0.394 e. The molecular formula is C31H31FN9O11P2S+. The molecule has 55 heavy (non-hydrogen) atoms. The fourth-order valence-electron chi connectivity index (χ4n) is 6.14. The molecule has 2 aliphatic rings. The molecule has 1 aromatic carbocycles. The molecular weight excluding hydrogens is 787 g/mol. The number of hydrogen-bond acceptors (Lipinski definition) is 16. The van der Waals surface area contributed by atoms with Crippen molar-refractivity contribution in [1.29, 1.82) is 5.26 Å². The Labute approximate surface area is 315 Å². The van der Waals surface area contributed by atoms with Gasteiger partial charge in [-0.15, -0.1) is 9.42 Å². The number of hydrogen-bond donors (Lipinski definition) is 3. The molecule has 7 rings (SSSR count). The first-order chi connectivity index (χ1) is 26.6. The number of carbonyl (C=O) groups is 1. The zero-order chi connectivity index (χ0) is 38.7. The summed E-state index contributed by atoms with van der Waals surface area (Å²) in [6.07, 6.45) is -2.67. The van der Waals surface area contributed by atoms with Gasteiger partial charge in [0.15, 0.2) is 41.7 Å². The third kappa shape index (κ3) is 8.23. The molecule has 2 fully saturated rings. The van der Waals surface area contributed by atoms with Crippen LogP contribution in [-0.4, -0.2) is 99.8 Å². The van der Waals surface area contributed by atoms with Crippen molar-refractivity contribution >= 4 is 55.4 Å². The molecule has 9 atom stereocenters. The maximum Gasteiger partial charge on any atom is 0.695 e. The number of halogens is 1. The predicted octanol–water partition coefficient (Wildman–Crippen LogP) is 2.69. The summed E-state index contributed by atoms with van der Waals surface area (Å²) in [5.41, 5.74) is 0.252. The number of aliphatic hydroxyl groups excluding tert-OH is 1. The van der Waals surface area contributed by atoms with Crippen molar-refractivity contribution in [2.45, 2.75) is 55.9 Å². The number of alkyl halides is 1. The molecule has 2 aliphatic heterocycles. The number of aromatic nitrogens is 7. The first kappa shape index (κ1) is 38.8. The maximum absolute atomic E-state index is 16.5. The summed E-state index contributed by atoms with van der Waals surface area (Å²) in [6.45, 7) is -5.25. The number of carbonyl (C=O) groups excluding carboxylic acids is 1. The van der Waals surface area contributed by atoms with Crippen molar-refractivity contribution in [3.63, 3.8) is 0 Å². The number of amides is 1. The minimum absolute atomic E-state index is 0.00178. The van der Waals surface area contributed by atoms with Crippen LogP contribution in [0.4, 0.5) is 10.2 Å². The number of fused-ring (bicyclic) bond motifs is 2. The number of nitrogens with one attached hydrogen (secondary N) is 1. The summed E-state index contributed by atoms with van der Waals surface area (Å²) in [4.78, 5) is 51.5. The highest BCUT2D eigenvalue weighted by Crippen LogP contribution is 2.55. The first-order valence-electron chi connectivity index (χ1n) is 16.5. The second kappa shape index (κ2) is 16.7. The monoisotopic (exact) mass is 818 g/mol. The van der Waals surface area contributed by atoms with E-state index in [4.69, 9.17) is 44.6 Å². The second-order valence-corrected chi connectivity index (χ2v) is 15.7. The van der Waals surface area contributed by atoms with Crippen LogP contribution in [-0.2, 0) is 43.9 Å². The highest BCUT2D eigenvalue weighted by molar-refractivity contribution is 8.07. The molecule has 0 bridgehead atoms. The standard InChI is InChI=1S/C31H30FN9O11P2S/c32-23-25(21(14-42)50-30(23)41-17-37-24-26(35-16-36-27(24)41)38-28(44)18-5-2-1-3-6-18)52-54(55,47-12-4-8-33)48-15-19-13-20(51-53(45)46)29(49-19)40-10-7-22(43)39-11-9-34-31(39)40/h1-3,5-7,9-11,16-17,19-21,23,25,29-30,42H,4,12-15H2,(H-,35,36,38,44,45,46)/p+1/t19-,20+,21+,23-,25+,29+,30+,54?/m0/s1. The molecule has 0 saturated carbocycles. The van der Waals surface area contributed by atoms with E-state index in [0.29, 0.717) is 5.56 Å². The fourth-order valence-corrected chi connectivity index (χ4v) is 8.68. The Morgan fingerprint density at radius 2 is 1.95 bits per heavy atom. The first-order valence-corrected chi connectivity index (χ1v) is 20.2. The molecule has 0 aliphatic carbocycles. The van der Waals surface area contributed by atoms with Crippen LogP contribution < -0.4 is 10.9 Å². The van der Waals surface area contributed by atoms with E-state index in [2.05, 4.69) is 25.3 Å². The molecule has 5 aromatic rings. The highest BCUT2D eigenvalue weighted by atomic mass is 32.5. The SMILES string of the molecule is N#CCCOP(=S)(OC[C@@H]1C[C@@H](O[P+](=O)O)[C@H](n2ccc(=O)n3ccnc23)O1)O[C@H]1[C@H](F)[C@H](n2cnc3c(NC(=O)c4ccccc4)ncnc32)O[C@@H]1CO. The van der Waals surface area contributed by atoms with Crippen molar-refractivity contribution < 1.29 is 51.3 Å². The normalized spacial score (nSPS) is 25.2. The molecule has 20 nitrogen and oxygen atoms in total. The zero-order valence-electron chi connectivity index (χ0n) is 28.3. The molecule has 0 spiro atoms. The zero-order valence-corrected chi connectivity index (χ0v) is 30.9. The lowest BCUT2D eigenvalue weighted by atomic mass is 10.1. The summed E-state index contributed by atoms with van der Waals surface area (Å²) in [5.74, 6) is -0.208. The number of rotatable bonds is 15. The molecule has 1 amide bonds. The molecule has 24 heteroatoms. The summed E-state index contributed by atoms with van der Waals surface area (Å²) in [6, 6.07) is 11.6. The summed E-state index contributed by atoms with van der Waals surface area (Å²) in [7, 11) is -3.07. The van der Waals surface area contributed by atoms with E-state index >= 15 is 4.39 Å². The Bertz CT molecular complexity index is 2340. The molecule has 4 aromatic heterocycles. The molecule has 2 unspecified atom stereocenters. The van der Waals surface area contributed by atoms with Crippen LogP contribution in [0.5, 0.6) is 0 Å². The number of benzene rings is 1. The summed E-state index contributed by atoms with van der Waals surface area (Å²) < 4.78 is 67.2. The van der Waals surface area contributed by atoms with Gasteiger partial charge in [-0.05, 0) is 23.9 Å². The van der Waals surface area contributed by atoms with Gasteiger partial charge in [-0.3, -0.25) is 27.6 Å². The molecule has 6 heterocycles. The largest absolute Gasteiger partial charge is 0.695 e. The van der Waals surface area contributed by atoms with E-state index < -0.39 is 70.5 Å². The number of nitriles is 1. The van der Waals surface area contributed by atoms with Crippen LogP contribution >= 0.6 is 15.0 Å². The van der Waals surface area contributed by atoms with Crippen molar-refractivity contribution in [2.75, 3.05) is 25.1 Å². The maximum atomic E-state index is 16.5. The molecule has 288 valence electrons. The average Bonchev–Trinajstić information content (AvgIpc) is 3.98. The van der Waals surface area contributed by atoms with Crippen LogP contribution in [0.3, 0.4) is 0 Å². The van der Waals surface area contributed by atoms with Crippen LogP contribution in [0.2, 0.25) is 0 Å². The Kier molecular flexibility index (Phi) is 11.8. The Morgan fingerprint density at radius 3 is 2.71 bits per heavy atom. The number of nitrogens with zero attached hydrogens (tertiary/aromatic N) is 8. The topological polar surface area (TPSA) is 249 Å². The summed E-state index contributed by atoms with van der Waals surface area (Å²) >= 11 is 5.67. The molecule has 3 N–H and O–H groups in total. The molecule has 0 radical (unpaired) electrons. The van der Waals surface area contributed by atoms with Gasteiger partial charge in [0.05, 0.1) is 44.7 Å². The van der Waals surface area contributed by atoms with Crippen molar-refractivity contribution in [3.05, 3.63) is 83.6 Å². The lowest BCUT2D eigenvalue weighted by molar-refractivity contribution is -0.0517. The van der Waals surface area contributed by atoms with Crippen LogP contribution in [0, 0.1) is 11.3 Å². The van der Waals surface area contributed by atoms with E-state index in [-0.39, 0.29) is 54.4 Å². The number of ether oxygens (including phenoxy) is 2. The van der Waals surface area contributed by atoms with E-state index in [0.717, 1.165) is 6.33 Å². The van der Waals surface area contributed by atoms with Gasteiger partial charge in [0.1, 0.15) is 18.5 Å². The Balaban J connectivity index is 1.09. The van der Waals surface area contributed by atoms with Crippen molar-refractivity contribution in [3.8, 4) is 6.07 Å². The van der Waals surface area contributed by atoms with Crippen molar-refractivity contribution in [1.82, 2.24) is 33.5 Å². The average molecular weight is 819 g/mol. The van der Waals surface area contributed by atoms with Gasteiger partial charge >= 0.3 is 15.0 Å². The van der Waals surface area contributed by atoms with E-state index in [1.807, 2.05) is 6.07 Å². The Hall–Kier alpha value is -4.49. The quantitative estimate of drug-likeness (QED) is 0.101. The second-order valence-electron chi connectivity index (χ2n) is 12.0. The van der Waals surface area contributed by atoms with Crippen molar-refractivity contribution in [2.24, 2.45) is 0 Å². The van der Waals surface area contributed by atoms with Crippen LogP contribution in [0.1, 0.15) is 35.7 Å². The van der Waals surface area contributed by atoms with Gasteiger partial charge in [0.2, 0.25) is 5.78 Å². The minimum Gasteiger partial charge on any atom is -0.394 e. The fraction of sp³-hybridized carbons (Fsp3) is 0.387. The van der Waals surface area contributed by atoms with E-state index in [1.165, 1.54) is 44.5 Å². The van der Waals surface area contributed by atoms with Gasteiger partial charge < -0.3 is 28.9 Å². The van der Waals surface area contributed by atoms with Crippen LogP contribution in [0.15, 0.2) is 72.4 Å². The third-order valence-electron chi connectivity index (χ3n) is 8.59. The molecule has 2 saturated heterocycles. The lowest BCUT2D eigenvalue weighted by Gasteiger charge is -2.28. The predicted molar refractivity (Wildman–Crippen MR) is 190 cm³/mol. The van der Waals surface area contributed by atoms with Crippen LogP contribution in [0.25, 0.3) is 16.9 Å². The highest BCUT2D eigenvalue weighted by Gasteiger charge is 2.50. The third-order valence-corrected chi connectivity index (χ3v) is 11.4. The van der Waals surface area contributed by atoms with E-state index in [1.54, 1.807) is 30.3 Å². The van der Waals surface area contributed by atoms with Gasteiger partial charge in [-0.1, -0.05) is 18.2 Å². The minimum atomic E-state index is -3.96. The van der Waals surface area contributed by atoms with Gasteiger partial charge in [-0.2, -0.15) is 5.26 Å². The lowest BCUT2D eigenvalue weighted by Crippen LogP contribution is -2.34. The van der Waals surface area contributed by atoms with Gasteiger partial charge in [-0.25, -0.2) is 24.3 Å². The van der Waals surface area contributed by atoms with Gasteiger partial charge in [0.25, 0.3) is 11.5 Å². The van der Waals surface area contributed by atoms with Gasteiger partial charge in [0, 0.05) is 41.2 Å². The van der Waals surface area contributed by atoms with E-state index in [9.17, 15) is 24.2 Å². The number of aliphatic hydroxyl groups is 1. The number of anilines is 1. The number of imidazole rings is 2.